The highest BCUT2D eigenvalue weighted by molar-refractivity contribution is 7.92. The summed E-state index contributed by atoms with van der Waals surface area (Å²) in [7, 11) is -2.17. The molecule has 0 bridgehead atoms. The molecule has 0 radical (unpaired) electrons. The number of benzene rings is 3. The number of anilines is 1. The van der Waals surface area contributed by atoms with Crippen LogP contribution in [-0.4, -0.2) is 34.6 Å². The Bertz CT molecular complexity index is 1140. The van der Waals surface area contributed by atoms with Crippen LogP contribution in [0.3, 0.4) is 0 Å². The molecule has 3 rings (SSSR count). The van der Waals surface area contributed by atoms with Crippen LogP contribution in [0.25, 0.3) is 0 Å². The van der Waals surface area contributed by atoms with Crippen LogP contribution in [0.2, 0.25) is 0 Å². The first kappa shape index (κ1) is 23.1. The zero-order valence-corrected chi connectivity index (χ0v) is 18.8. The molecule has 0 aliphatic carbocycles. The van der Waals surface area contributed by atoms with Gasteiger partial charge >= 0.3 is 0 Å². The van der Waals surface area contributed by atoms with E-state index in [1.165, 1.54) is 24.3 Å². The van der Waals surface area contributed by atoms with E-state index in [4.69, 9.17) is 9.47 Å². The third-order valence-corrected chi connectivity index (χ3v) is 6.11. The van der Waals surface area contributed by atoms with E-state index >= 15 is 0 Å². The summed E-state index contributed by atoms with van der Waals surface area (Å²) in [4.78, 5) is 12.5. The Morgan fingerprint density at radius 1 is 0.938 bits per heavy atom. The molecular weight excluding hydrogens is 428 g/mol. The van der Waals surface area contributed by atoms with Crippen LogP contribution in [-0.2, 0) is 16.4 Å². The summed E-state index contributed by atoms with van der Waals surface area (Å²) in [5.41, 5.74) is 1.80. The maximum absolute atomic E-state index is 12.6. The predicted octanol–water partition coefficient (Wildman–Crippen LogP) is 3.87. The first-order chi connectivity index (χ1) is 15.4. The van der Waals surface area contributed by atoms with Gasteiger partial charge in [-0.1, -0.05) is 18.2 Å². The Morgan fingerprint density at radius 3 is 2.28 bits per heavy atom. The number of hydrogen-bond acceptors (Lipinski definition) is 5. The van der Waals surface area contributed by atoms with Crippen LogP contribution < -0.4 is 19.5 Å². The van der Waals surface area contributed by atoms with E-state index in [2.05, 4.69) is 10.0 Å². The van der Waals surface area contributed by atoms with E-state index in [0.717, 1.165) is 11.3 Å². The smallest absolute Gasteiger partial charge is 0.261 e. The van der Waals surface area contributed by atoms with E-state index in [1.807, 2.05) is 31.2 Å². The lowest BCUT2D eigenvalue weighted by molar-refractivity contribution is 0.0954. The quantitative estimate of drug-likeness (QED) is 0.485. The lowest BCUT2D eigenvalue weighted by atomic mass is 10.1. The number of para-hydroxylation sites is 1. The number of nitrogens with one attached hydrogen (secondary N) is 2. The first-order valence-corrected chi connectivity index (χ1v) is 11.7. The molecule has 0 spiro atoms. The molecule has 0 heterocycles. The number of sulfonamides is 1. The van der Waals surface area contributed by atoms with Gasteiger partial charge in [0, 0.05) is 17.8 Å². The SMILES string of the molecule is CCOc1ccc(NS(=O)(=O)c2ccc(C(=O)NCCc3ccccc3OC)cc2)cc1. The number of carbonyl (C=O) groups is 1. The third-order valence-electron chi connectivity index (χ3n) is 4.72. The fraction of sp³-hybridized carbons (Fsp3) is 0.208. The average Bonchev–Trinajstić information content (AvgIpc) is 2.80. The van der Waals surface area contributed by atoms with Gasteiger partial charge in [-0.2, -0.15) is 0 Å². The van der Waals surface area contributed by atoms with Gasteiger partial charge in [0.25, 0.3) is 15.9 Å². The Labute approximate surface area is 188 Å². The van der Waals surface area contributed by atoms with Gasteiger partial charge in [0.05, 0.1) is 18.6 Å². The minimum Gasteiger partial charge on any atom is -0.496 e. The van der Waals surface area contributed by atoms with Gasteiger partial charge in [0.1, 0.15) is 11.5 Å². The van der Waals surface area contributed by atoms with Crippen molar-refractivity contribution in [2.24, 2.45) is 0 Å². The van der Waals surface area contributed by atoms with Gasteiger partial charge in [-0.15, -0.1) is 0 Å². The molecule has 1 amide bonds. The Hall–Kier alpha value is -3.52. The van der Waals surface area contributed by atoms with Crippen LogP contribution in [0.1, 0.15) is 22.8 Å². The topological polar surface area (TPSA) is 93.7 Å². The molecule has 0 saturated heterocycles. The molecule has 0 atom stereocenters. The third kappa shape index (κ3) is 6.01. The fourth-order valence-corrected chi connectivity index (χ4v) is 4.17. The van der Waals surface area contributed by atoms with Crippen molar-refractivity contribution in [3.05, 3.63) is 83.9 Å². The number of amides is 1. The molecule has 3 aromatic rings. The van der Waals surface area contributed by atoms with Gasteiger partial charge in [-0.3, -0.25) is 9.52 Å². The van der Waals surface area contributed by atoms with E-state index in [9.17, 15) is 13.2 Å². The van der Waals surface area contributed by atoms with Crippen molar-refractivity contribution in [1.82, 2.24) is 5.32 Å². The average molecular weight is 455 g/mol. The van der Waals surface area contributed by atoms with Gasteiger partial charge in [-0.05, 0) is 73.5 Å². The van der Waals surface area contributed by atoms with E-state index < -0.39 is 10.0 Å². The molecule has 0 fully saturated rings. The second-order valence-corrected chi connectivity index (χ2v) is 8.59. The second-order valence-electron chi connectivity index (χ2n) is 6.91. The summed E-state index contributed by atoms with van der Waals surface area (Å²) in [6.45, 7) is 2.84. The first-order valence-electron chi connectivity index (χ1n) is 10.2. The van der Waals surface area contributed by atoms with Gasteiger partial charge < -0.3 is 14.8 Å². The molecule has 0 unspecified atom stereocenters. The Balaban J connectivity index is 1.58. The zero-order valence-electron chi connectivity index (χ0n) is 18.0. The largest absolute Gasteiger partial charge is 0.496 e. The highest BCUT2D eigenvalue weighted by Crippen LogP contribution is 2.20. The lowest BCUT2D eigenvalue weighted by Crippen LogP contribution is -2.25. The molecular formula is C24H26N2O5S. The van der Waals surface area contributed by atoms with Crippen molar-refractivity contribution >= 4 is 21.6 Å². The lowest BCUT2D eigenvalue weighted by Gasteiger charge is -2.11. The van der Waals surface area contributed by atoms with Crippen LogP contribution in [0, 0.1) is 0 Å². The highest BCUT2D eigenvalue weighted by Gasteiger charge is 2.15. The minimum absolute atomic E-state index is 0.0666. The highest BCUT2D eigenvalue weighted by atomic mass is 32.2. The number of ether oxygens (including phenoxy) is 2. The zero-order chi connectivity index (χ0) is 23.0. The monoisotopic (exact) mass is 454 g/mol. The normalized spacial score (nSPS) is 10.9. The summed E-state index contributed by atoms with van der Waals surface area (Å²) in [6, 6.07) is 20.1. The number of methoxy groups -OCH3 is 1. The van der Waals surface area contributed by atoms with Crippen molar-refractivity contribution in [3.8, 4) is 11.5 Å². The van der Waals surface area contributed by atoms with E-state index in [1.54, 1.807) is 31.4 Å². The van der Waals surface area contributed by atoms with E-state index in [0.29, 0.717) is 36.6 Å². The maximum Gasteiger partial charge on any atom is 0.261 e. The molecule has 0 aliphatic heterocycles. The second kappa shape index (κ2) is 10.7. The van der Waals surface area contributed by atoms with Crippen molar-refractivity contribution in [1.29, 1.82) is 0 Å². The van der Waals surface area contributed by atoms with Gasteiger partial charge in [-0.25, -0.2) is 8.42 Å². The number of carbonyl (C=O) groups excluding carboxylic acids is 1. The molecule has 0 saturated carbocycles. The molecule has 2 N–H and O–H groups in total. The predicted molar refractivity (Wildman–Crippen MR) is 124 cm³/mol. The molecule has 32 heavy (non-hydrogen) atoms. The molecule has 168 valence electrons. The van der Waals surface area contributed by atoms with Crippen molar-refractivity contribution in [3.63, 3.8) is 0 Å². The number of hydrogen-bond donors (Lipinski definition) is 2. The molecule has 3 aromatic carbocycles. The van der Waals surface area contributed by atoms with Gasteiger partial charge in [0.15, 0.2) is 0 Å². The minimum atomic E-state index is -3.78. The summed E-state index contributed by atoms with van der Waals surface area (Å²) in [6.07, 6.45) is 0.619. The van der Waals surface area contributed by atoms with Crippen LogP contribution in [0.5, 0.6) is 11.5 Å². The maximum atomic E-state index is 12.6. The Morgan fingerprint density at radius 2 is 1.62 bits per heavy atom. The Kier molecular flexibility index (Phi) is 7.72. The summed E-state index contributed by atoms with van der Waals surface area (Å²) < 4.78 is 38.4. The molecule has 0 aliphatic rings. The van der Waals surface area contributed by atoms with Crippen LogP contribution in [0.15, 0.2) is 77.7 Å². The number of rotatable bonds is 10. The van der Waals surface area contributed by atoms with Crippen LogP contribution in [0.4, 0.5) is 5.69 Å². The standard InChI is InChI=1S/C24H26N2O5S/c1-3-31-21-12-10-20(11-13-21)26-32(28,29)22-14-8-19(9-15-22)24(27)25-17-16-18-6-4-5-7-23(18)30-2/h4-15,26H,3,16-17H2,1-2H3,(H,25,27). The summed E-state index contributed by atoms with van der Waals surface area (Å²) >= 11 is 0. The van der Waals surface area contributed by atoms with Crippen molar-refractivity contribution < 1.29 is 22.7 Å². The van der Waals surface area contributed by atoms with Gasteiger partial charge in [0.2, 0.25) is 0 Å². The van der Waals surface area contributed by atoms with Crippen molar-refractivity contribution in [2.45, 2.75) is 18.2 Å². The van der Waals surface area contributed by atoms with E-state index in [-0.39, 0.29) is 10.8 Å². The summed E-state index contributed by atoms with van der Waals surface area (Å²) in [5.74, 6) is 1.16. The summed E-state index contributed by atoms with van der Waals surface area (Å²) in [5, 5.41) is 2.84. The van der Waals surface area contributed by atoms with Crippen molar-refractivity contribution in [2.75, 3.05) is 25.0 Å². The molecule has 8 heteroatoms. The van der Waals surface area contributed by atoms with Crippen LogP contribution >= 0.6 is 0 Å². The molecule has 0 aromatic heterocycles. The molecule has 7 nitrogen and oxygen atoms in total. The fourth-order valence-electron chi connectivity index (χ4n) is 3.11.